The molecule has 0 aromatic rings. The standard InChI is InChI=1S/C6H10O5S/c7-1-2-3(8)4(9)5(10)6(11)12-2/h2-5,7-10H,1H2/t2-,3-,4+,5-/m1/s1. The van der Waals surface area contributed by atoms with E-state index in [-0.39, 0.29) is 0 Å². The van der Waals surface area contributed by atoms with Crippen LogP contribution in [0, 0.1) is 0 Å². The second-order valence-electron chi connectivity index (χ2n) is 2.58. The Labute approximate surface area is 73.0 Å². The van der Waals surface area contributed by atoms with Crippen molar-refractivity contribution in [3.05, 3.63) is 0 Å². The van der Waals surface area contributed by atoms with E-state index in [0.717, 1.165) is 0 Å². The van der Waals surface area contributed by atoms with Crippen molar-refractivity contribution in [3.8, 4) is 0 Å². The zero-order valence-corrected chi connectivity index (χ0v) is 6.94. The largest absolute Gasteiger partial charge is 0.395 e. The first-order valence-corrected chi connectivity index (χ1v) is 4.31. The molecule has 0 radical (unpaired) electrons. The van der Waals surface area contributed by atoms with Gasteiger partial charge in [0.1, 0.15) is 6.10 Å². The molecule has 1 aliphatic rings. The number of carbonyl (C=O) groups excluding carboxylic acids is 1. The molecule has 1 aliphatic heterocycles. The Hall–Kier alpha value is -0.140. The minimum atomic E-state index is -1.55. The maximum Gasteiger partial charge on any atom is 0.220 e. The lowest BCUT2D eigenvalue weighted by Crippen LogP contribution is -2.52. The van der Waals surface area contributed by atoms with Gasteiger partial charge in [0.2, 0.25) is 5.12 Å². The third kappa shape index (κ3) is 1.62. The summed E-state index contributed by atoms with van der Waals surface area (Å²) in [6.45, 7) is -0.401. The summed E-state index contributed by atoms with van der Waals surface area (Å²) in [5.74, 6) is 0. The van der Waals surface area contributed by atoms with E-state index in [1.54, 1.807) is 0 Å². The third-order valence-electron chi connectivity index (χ3n) is 1.74. The van der Waals surface area contributed by atoms with E-state index < -0.39 is 35.3 Å². The molecule has 6 heteroatoms. The molecule has 1 fully saturated rings. The Morgan fingerprint density at radius 2 is 1.83 bits per heavy atom. The van der Waals surface area contributed by atoms with Crippen LogP contribution in [0.3, 0.4) is 0 Å². The highest BCUT2D eigenvalue weighted by Gasteiger charge is 2.42. The summed E-state index contributed by atoms with van der Waals surface area (Å²) >= 11 is 0.657. The van der Waals surface area contributed by atoms with Crippen molar-refractivity contribution < 1.29 is 25.2 Å². The molecular weight excluding hydrogens is 184 g/mol. The smallest absolute Gasteiger partial charge is 0.220 e. The molecule has 1 saturated heterocycles. The fourth-order valence-electron chi connectivity index (χ4n) is 0.980. The molecule has 4 atom stereocenters. The van der Waals surface area contributed by atoms with Gasteiger partial charge in [-0.2, -0.15) is 0 Å². The van der Waals surface area contributed by atoms with Crippen LogP contribution in [0.5, 0.6) is 0 Å². The summed E-state index contributed by atoms with van der Waals surface area (Å²) in [5.41, 5.74) is 0. The topological polar surface area (TPSA) is 98.0 Å². The number of rotatable bonds is 1. The summed E-state index contributed by atoms with van der Waals surface area (Å²) in [6, 6.07) is 0. The monoisotopic (exact) mass is 194 g/mol. The van der Waals surface area contributed by atoms with Crippen molar-refractivity contribution in [2.24, 2.45) is 0 Å². The molecule has 0 saturated carbocycles. The van der Waals surface area contributed by atoms with Crippen molar-refractivity contribution >= 4 is 16.9 Å². The van der Waals surface area contributed by atoms with Gasteiger partial charge in [0, 0.05) is 0 Å². The lowest BCUT2D eigenvalue weighted by Gasteiger charge is -2.32. The Kier molecular flexibility index (Phi) is 3.08. The molecule has 0 aliphatic carbocycles. The lowest BCUT2D eigenvalue weighted by molar-refractivity contribution is -0.132. The minimum absolute atomic E-state index is 0.401. The van der Waals surface area contributed by atoms with Crippen LogP contribution in [0.4, 0.5) is 0 Å². The molecule has 70 valence electrons. The average Bonchev–Trinajstić information content (AvgIpc) is 2.08. The predicted molar refractivity (Wildman–Crippen MR) is 41.5 cm³/mol. The van der Waals surface area contributed by atoms with E-state index in [9.17, 15) is 9.90 Å². The fraction of sp³-hybridized carbons (Fsp3) is 0.833. The fourth-order valence-corrected chi connectivity index (χ4v) is 1.93. The number of hydrogen-bond donors (Lipinski definition) is 4. The van der Waals surface area contributed by atoms with Crippen LogP contribution in [-0.4, -0.2) is 55.7 Å². The first-order chi connectivity index (χ1) is 5.57. The Balaban J connectivity index is 2.70. The first kappa shape index (κ1) is 9.94. The number of thioether (sulfide) groups is 1. The van der Waals surface area contributed by atoms with Gasteiger partial charge < -0.3 is 20.4 Å². The maximum atomic E-state index is 10.9. The van der Waals surface area contributed by atoms with Gasteiger partial charge in [0.05, 0.1) is 18.0 Å². The van der Waals surface area contributed by atoms with Gasteiger partial charge in [-0.3, -0.25) is 4.79 Å². The number of carbonyl (C=O) groups is 1. The van der Waals surface area contributed by atoms with Gasteiger partial charge in [-0.15, -0.1) is 0 Å². The molecular formula is C6H10O5S. The van der Waals surface area contributed by atoms with Crippen LogP contribution in [0.2, 0.25) is 0 Å². The highest BCUT2D eigenvalue weighted by Crippen LogP contribution is 2.27. The quantitative estimate of drug-likeness (QED) is 0.375. The Bertz CT molecular complexity index is 183. The van der Waals surface area contributed by atoms with Crippen molar-refractivity contribution in [1.82, 2.24) is 0 Å². The molecule has 0 spiro atoms. The van der Waals surface area contributed by atoms with E-state index in [0.29, 0.717) is 11.8 Å². The number of aliphatic hydroxyl groups excluding tert-OH is 4. The molecule has 0 unspecified atom stereocenters. The van der Waals surface area contributed by atoms with Crippen LogP contribution < -0.4 is 0 Å². The summed E-state index contributed by atoms with van der Waals surface area (Å²) in [6.07, 6.45) is -4.30. The Morgan fingerprint density at radius 1 is 1.25 bits per heavy atom. The number of hydrogen-bond acceptors (Lipinski definition) is 6. The van der Waals surface area contributed by atoms with Crippen LogP contribution >= 0.6 is 11.8 Å². The summed E-state index contributed by atoms with van der Waals surface area (Å²) in [7, 11) is 0. The van der Waals surface area contributed by atoms with E-state index in [2.05, 4.69) is 0 Å². The van der Waals surface area contributed by atoms with Crippen LogP contribution in [-0.2, 0) is 4.79 Å². The Morgan fingerprint density at radius 3 is 2.33 bits per heavy atom. The average molecular weight is 194 g/mol. The molecule has 1 rings (SSSR count). The van der Waals surface area contributed by atoms with Crippen molar-refractivity contribution in [2.75, 3.05) is 6.61 Å². The molecule has 0 amide bonds. The van der Waals surface area contributed by atoms with E-state index in [1.807, 2.05) is 0 Å². The van der Waals surface area contributed by atoms with Gasteiger partial charge in [-0.25, -0.2) is 0 Å². The van der Waals surface area contributed by atoms with Gasteiger partial charge in [0.25, 0.3) is 0 Å². The first-order valence-electron chi connectivity index (χ1n) is 3.43. The molecule has 0 aromatic carbocycles. The molecule has 0 aromatic heterocycles. The minimum Gasteiger partial charge on any atom is -0.395 e. The molecule has 12 heavy (non-hydrogen) atoms. The van der Waals surface area contributed by atoms with E-state index in [4.69, 9.17) is 15.3 Å². The van der Waals surface area contributed by atoms with Gasteiger partial charge >= 0.3 is 0 Å². The third-order valence-corrected chi connectivity index (χ3v) is 2.95. The maximum absolute atomic E-state index is 10.9. The van der Waals surface area contributed by atoms with E-state index in [1.165, 1.54) is 0 Å². The van der Waals surface area contributed by atoms with Gasteiger partial charge in [0.15, 0.2) is 6.10 Å². The van der Waals surface area contributed by atoms with Crippen molar-refractivity contribution in [3.63, 3.8) is 0 Å². The second-order valence-corrected chi connectivity index (χ2v) is 3.83. The van der Waals surface area contributed by atoms with Crippen LogP contribution in [0.15, 0.2) is 0 Å². The van der Waals surface area contributed by atoms with E-state index >= 15 is 0 Å². The van der Waals surface area contributed by atoms with Gasteiger partial charge in [-0.1, -0.05) is 11.8 Å². The lowest BCUT2D eigenvalue weighted by atomic mass is 10.1. The zero-order valence-electron chi connectivity index (χ0n) is 6.12. The summed E-state index contributed by atoms with van der Waals surface area (Å²) in [5, 5.41) is 34.5. The predicted octanol–water partition coefficient (Wildman–Crippen LogP) is -2.30. The normalized spacial score (nSPS) is 43.2. The molecule has 4 N–H and O–H groups in total. The van der Waals surface area contributed by atoms with Crippen LogP contribution in [0.25, 0.3) is 0 Å². The zero-order chi connectivity index (χ0) is 9.30. The molecule has 0 bridgehead atoms. The highest BCUT2D eigenvalue weighted by atomic mass is 32.2. The summed E-state index contributed by atoms with van der Waals surface area (Å²) in [4.78, 5) is 10.9. The molecule has 5 nitrogen and oxygen atoms in total. The molecule has 1 heterocycles. The van der Waals surface area contributed by atoms with Crippen LogP contribution in [0.1, 0.15) is 0 Å². The SMILES string of the molecule is O=C1S[C@H](CO)[C@@H](O)[C@H](O)[C@H]1O. The van der Waals surface area contributed by atoms with Gasteiger partial charge in [-0.05, 0) is 0 Å². The highest BCUT2D eigenvalue weighted by molar-refractivity contribution is 8.14. The second kappa shape index (κ2) is 3.71. The van der Waals surface area contributed by atoms with Crippen molar-refractivity contribution in [1.29, 1.82) is 0 Å². The summed E-state index contributed by atoms with van der Waals surface area (Å²) < 4.78 is 0. The van der Waals surface area contributed by atoms with Crippen molar-refractivity contribution in [2.45, 2.75) is 23.6 Å². The number of aliphatic hydroxyl groups is 4.